The van der Waals surface area contributed by atoms with Gasteiger partial charge in [-0.15, -0.1) is 0 Å². The number of nitrogens with one attached hydrogen (secondary N) is 1. The number of rotatable bonds is 7. The Morgan fingerprint density at radius 1 is 1.26 bits per heavy atom. The van der Waals surface area contributed by atoms with Crippen LogP contribution in [0, 0.1) is 6.92 Å². The van der Waals surface area contributed by atoms with E-state index >= 15 is 0 Å². The first-order valence-electron chi connectivity index (χ1n) is 9.26. The minimum Gasteiger partial charge on any atom is -0.497 e. The molecule has 1 amide bonds. The molecule has 0 unspecified atom stereocenters. The van der Waals surface area contributed by atoms with E-state index in [0.717, 1.165) is 44.0 Å². The number of carbonyl (C=O) groups excluding carboxylic acids is 1. The Bertz CT molecular complexity index is 788. The maximum atomic E-state index is 11.6. The second-order valence-corrected chi connectivity index (χ2v) is 6.92. The van der Waals surface area contributed by atoms with E-state index in [1.807, 2.05) is 6.07 Å². The molecule has 0 fully saturated rings. The van der Waals surface area contributed by atoms with Crippen LogP contribution in [0.25, 0.3) is 0 Å². The third kappa shape index (κ3) is 5.08. The number of hydrogen-bond acceptors (Lipinski definition) is 5. The van der Waals surface area contributed by atoms with Crippen LogP contribution in [0.4, 0.5) is 0 Å². The van der Waals surface area contributed by atoms with Gasteiger partial charge in [0.1, 0.15) is 12.4 Å². The number of nitrogens with zero attached hydrogens (tertiary/aromatic N) is 3. The van der Waals surface area contributed by atoms with Crippen LogP contribution in [-0.4, -0.2) is 48.0 Å². The second-order valence-electron chi connectivity index (χ2n) is 6.92. The predicted molar refractivity (Wildman–Crippen MR) is 102 cm³/mol. The molecule has 1 N–H and O–H groups in total. The zero-order valence-corrected chi connectivity index (χ0v) is 16.3. The van der Waals surface area contributed by atoms with Gasteiger partial charge in [-0.2, -0.15) is 5.10 Å². The first kappa shape index (κ1) is 19.4. The summed E-state index contributed by atoms with van der Waals surface area (Å²) in [4.78, 5) is 14.0. The number of fused-ring (bicyclic) bond motifs is 1. The van der Waals surface area contributed by atoms with Crippen molar-refractivity contribution >= 4 is 5.91 Å². The van der Waals surface area contributed by atoms with Crippen LogP contribution in [0.15, 0.2) is 24.3 Å². The van der Waals surface area contributed by atoms with Gasteiger partial charge in [-0.25, -0.2) is 0 Å². The summed E-state index contributed by atoms with van der Waals surface area (Å²) >= 11 is 0. The molecule has 3 rings (SSSR count). The molecule has 0 saturated carbocycles. The van der Waals surface area contributed by atoms with Crippen LogP contribution >= 0.6 is 0 Å². The number of methoxy groups -OCH3 is 2. The molecule has 0 radical (unpaired) electrons. The lowest BCUT2D eigenvalue weighted by Crippen LogP contribution is -2.26. The van der Waals surface area contributed by atoms with Crippen LogP contribution in [-0.2, 0) is 35.7 Å². The molecule has 2 heterocycles. The minimum absolute atomic E-state index is 0.0720. The molecule has 146 valence electrons. The van der Waals surface area contributed by atoms with E-state index in [2.05, 4.69) is 45.1 Å². The summed E-state index contributed by atoms with van der Waals surface area (Å²) in [5, 5.41) is 7.47. The molecule has 27 heavy (non-hydrogen) atoms. The number of hydrogen-bond donors (Lipinski definition) is 1. The predicted octanol–water partition coefficient (Wildman–Crippen LogP) is 1.87. The summed E-state index contributed by atoms with van der Waals surface area (Å²) < 4.78 is 12.2. The molecular weight excluding hydrogens is 344 g/mol. The first-order chi connectivity index (χ1) is 13.1. The summed E-state index contributed by atoms with van der Waals surface area (Å²) in [5.74, 6) is 0.766. The molecule has 1 aliphatic heterocycles. The van der Waals surface area contributed by atoms with Gasteiger partial charge in [-0.1, -0.05) is 6.07 Å². The topological polar surface area (TPSA) is 68.6 Å². The fourth-order valence-electron chi connectivity index (χ4n) is 3.39. The van der Waals surface area contributed by atoms with E-state index in [4.69, 9.17) is 9.47 Å². The van der Waals surface area contributed by atoms with Gasteiger partial charge in [0, 0.05) is 33.3 Å². The zero-order chi connectivity index (χ0) is 19.2. The van der Waals surface area contributed by atoms with Crippen LogP contribution in [0.3, 0.4) is 0 Å². The number of aromatic nitrogens is 2. The van der Waals surface area contributed by atoms with Crippen molar-refractivity contribution in [3.63, 3.8) is 0 Å². The summed E-state index contributed by atoms with van der Waals surface area (Å²) in [6.07, 6.45) is 1.05. The summed E-state index contributed by atoms with van der Waals surface area (Å²) in [6, 6.07) is 8.34. The molecule has 7 heteroatoms. The van der Waals surface area contributed by atoms with Gasteiger partial charge in [0.15, 0.2) is 0 Å². The number of benzene rings is 1. The van der Waals surface area contributed by atoms with E-state index in [1.165, 1.54) is 23.9 Å². The molecule has 0 bridgehead atoms. The highest BCUT2D eigenvalue weighted by molar-refractivity contribution is 5.77. The number of carbonyl (C=O) groups is 1. The Morgan fingerprint density at radius 3 is 2.85 bits per heavy atom. The minimum atomic E-state index is -0.127. The summed E-state index contributed by atoms with van der Waals surface area (Å²) in [6.45, 7) is 6.32. The molecule has 0 atom stereocenters. The Kier molecular flexibility index (Phi) is 6.47. The van der Waals surface area contributed by atoms with E-state index < -0.39 is 0 Å². The van der Waals surface area contributed by atoms with Crippen molar-refractivity contribution in [2.24, 2.45) is 0 Å². The van der Waals surface area contributed by atoms with Crippen LogP contribution in [0.1, 0.15) is 28.9 Å². The van der Waals surface area contributed by atoms with Crippen molar-refractivity contribution in [3.8, 4) is 5.75 Å². The molecular formula is C20H28N4O3. The van der Waals surface area contributed by atoms with E-state index in [9.17, 15) is 4.79 Å². The number of amides is 1. The van der Waals surface area contributed by atoms with Crippen molar-refractivity contribution < 1.29 is 14.3 Å². The second kappa shape index (κ2) is 9.01. The monoisotopic (exact) mass is 372 g/mol. The van der Waals surface area contributed by atoms with Gasteiger partial charge >= 0.3 is 0 Å². The smallest absolute Gasteiger partial charge is 0.246 e. The zero-order valence-electron chi connectivity index (χ0n) is 16.3. The van der Waals surface area contributed by atoms with Crippen molar-refractivity contribution in [1.82, 2.24) is 20.0 Å². The summed E-state index contributed by atoms with van der Waals surface area (Å²) in [5.41, 5.74) is 4.64. The fourth-order valence-corrected chi connectivity index (χ4v) is 3.39. The van der Waals surface area contributed by atoms with Gasteiger partial charge in [0.05, 0.1) is 25.0 Å². The van der Waals surface area contributed by atoms with Crippen LogP contribution < -0.4 is 10.1 Å². The maximum absolute atomic E-state index is 11.6. The highest BCUT2D eigenvalue weighted by Gasteiger charge is 2.18. The molecule has 2 aromatic rings. The van der Waals surface area contributed by atoms with E-state index in [0.29, 0.717) is 6.54 Å². The van der Waals surface area contributed by atoms with Gasteiger partial charge < -0.3 is 14.8 Å². The van der Waals surface area contributed by atoms with Gasteiger partial charge in [0.2, 0.25) is 5.91 Å². The fraction of sp³-hybridized carbons (Fsp3) is 0.500. The lowest BCUT2D eigenvalue weighted by atomic mass is 10.1. The molecule has 0 saturated heterocycles. The third-order valence-electron chi connectivity index (χ3n) is 4.83. The molecule has 7 nitrogen and oxygen atoms in total. The van der Waals surface area contributed by atoms with Crippen molar-refractivity contribution in [2.45, 2.75) is 39.5 Å². The standard InChI is InChI=1S/C20H28N4O3/c1-15-9-19(27-3)6-5-16(15)12-23-7-4-8-24-18(13-23)10-17(22-24)11-21-20(25)14-26-2/h5-6,9-10H,4,7-8,11-14H2,1-3H3,(H,21,25). The quantitative estimate of drug-likeness (QED) is 0.804. The Labute approximate surface area is 160 Å². The highest BCUT2D eigenvalue weighted by Crippen LogP contribution is 2.21. The third-order valence-corrected chi connectivity index (χ3v) is 4.83. The van der Waals surface area contributed by atoms with Gasteiger partial charge in [0.25, 0.3) is 0 Å². The Morgan fingerprint density at radius 2 is 2.11 bits per heavy atom. The van der Waals surface area contributed by atoms with Crippen molar-refractivity contribution in [2.75, 3.05) is 27.4 Å². The Balaban J connectivity index is 1.64. The highest BCUT2D eigenvalue weighted by atomic mass is 16.5. The lowest BCUT2D eigenvalue weighted by molar-refractivity contribution is -0.124. The van der Waals surface area contributed by atoms with Crippen molar-refractivity contribution in [1.29, 1.82) is 0 Å². The van der Waals surface area contributed by atoms with E-state index in [1.54, 1.807) is 7.11 Å². The number of ether oxygens (including phenoxy) is 2. The number of aryl methyl sites for hydroxylation is 2. The SMILES string of the molecule is COCC(=O)NCc1cc2n(n1)CCCN(Cc1ccc(OC)cc1C)C2. The maximum Gasteiger partial charge on any atom is 0.246 e. The average molecular weight is 372 g/mol. The van der Waals surface area contributed by atoms with Crippen LogP contribution in [0.5, 0.6) is 5.75 Å². The first-order valence-corrected chi connectivity index (χ1v) is 9.26. The van der Waals surface area contributed by atoms with Crippen molar-refractivity contribution in [3.05, 3.63) is 46.8 Å². The van der Waals surface area contributed by atoms with Gasteiger partial charge in [-0.05, 0) is 42.7 Å². The largest absolute Gasteiger partial charge is 0.497 e. The average Bonchev–Trinajstić information content (AvgIpc) is 2.93. The normalized spacial score (nSPS) is 14.5. The van der Waals surface area contributed by atoms with E-state index in [-0.39, 0.29) is 12.5 Å². The Hall–Kier alpha value is -2.38. The molecule has 1 aromatic heterocycles. The molecule has 1 aliphatic rings. The molecule has 0 spiro atoms. The van der Waals surface area contributed by atoms with Gasteiger partial charge in [-0.3, -0.25) is 14.4 Å². The summed E-state index contributed by atoms with van der Waals surface area (Å²) in [7, 11) is 3.21. The molecule has 0 aliphatic carbocycles. The molecule has 1 aromatic carbocycles. The lowest BCUT2D eigenvalue weighted by Gasteiger charge is -2.21. The van der Waals surface area contributed by atoms with Crippen LogP contribution in [0.2, 0.25) is 0 Å².